The second kappa shape index (κ2) is 6.77. The topological polar surface area (TPSA) is 39.1 Å². The van der Waals surface area contributed by atoms with E-state index in [0.717, 1.165) is 0 Å². The fraction of sp³-hybridized carbons (Fsp3) is 0.909. The van der Waals surface area contributed by atoms with Gasteiger partial charge in [-0.3, -0.25) is 5.32 Å². The van der Waals surface area contributed by atoms with E-state index >= 15 is 0 Å². The summed E-state index contributed by atoms with van der Waals surface area (Å²) in [4.78, 5) is 1.54. The van der Waals surface area contributed by atoms with Crippen molar-refractivity contribution < 1.29 is 8.78 Å². The summed E-state index contributed by atoms with van der Waals surface area (Å²) in [5.74, 6) is 0. The summed E-state index contributed by atoms with van der Waals surface area (Å²) >= 11 is 0. The first-order valence-corrected chi connectivity index (χ1v) is 5.44. The third-order valence-corrected chi connectivity index (χ3v) is 2.30. The fourth-order valence-electron chi connectivity index (χ4n) is 1.54. The third kappa shape index (κ3) is 6.70. The van der Waals surface area contributed by atoms with E-state index in [4.69, 9.17) is 5.26 Å². The number of rotatable bonds is 7. The van der Waals surface area contributed by atoms with Crippen molar-refractivity contribution in [3.63, 3.8) is 0 Å². The zero-order valence-corrected chi connectivity index (χ0v) is 10.4. The standard InChI is InChI=1S/C11H21F2N3/c1-9(2)15-11(3,8-14)5-6-16(4)7-10(12)13/h9-10,15H,5-7H2,1-4H3. The molecule has 0 heterocycles. The first-order valence-electron chi connectivity index (χ1n) is 5.44. The Morgan fingerprint density at radius 1 is 1.44 bits per heavy atom. The van der Waals surface area contributed by atoms with E-state index in [9.17, 15) is 8.78 Å². The van der Waals surface area contributed by atoms with Gasteiger partial charge in [0, 0.05) is 12.6 Å². The number of hydrogen-bond donors (Lipinski definition) is 1. The van der Waals surface area contributed by atoms with Crippen LogP contribution in [0.25, 0.3) is 0 Å². The molecule has 0 aliphatic rings. The maximum atomic E-state index is 12.1. The van der Waals surface area contributed by atoms with Crippen LogP contribution in [0.4, 0.5) is 8.78 Å². The predicted octanol–water partition coefficient (Wildman–Crippen LogP) is 1.85. The Hall–Kier alpha value is -0.730. The van der Waals surface area contributed by atoms with Crippen molar-refractivity contribution in [3.8, 4) is 6.07 Å². The quantitative estimate of drug-likeness (QED) is 0.729. The molecule has 1 atom stereocenters. The van der Waals surface area contributed by atoms with Crippen molar-refractivity contribution in [2.24, 2.45) is 0 Å². The summed E-state index contributed by atoms with van der Waals surface area (Å²) in [6.45, 7) is 5.94. The highest BCUT2D eigenvalue weighted by atomic mass is 19.3. The zero-order chi connectivity index (χ0) is 12.8. The Labute approximate surface area is 96.4 Å². The van der Waals surface area contributed by atoms with Gasteiger partial charge in [-0.15, -0.1) is 0 Å². The molecule has 0 spiro atoms. The van der Waals surface area contributed by atoms with E-state index in [0.29, 0.717) is 13.0 Å². The van der Waals surface area contributed by atoms with Crippen LogP contribution in [0.15, 0.2) is 0 Å². The van der Waals surface area contributed by atoms with Crippen LogP contribution >= 0.6 is 0 Å². The molecule has 0 saturated heterocycles. The molecule has 3 nitrogen and oxygen atoms in total. The molecule has 0 aliphatic heterocycles. The van der Waals surface area contributed by atoms with Gasteiger partial charge in [-0.25, -0.2) is 8.78 Å². The molecule has 0 saturated carbocycles. The highest BCUT2D eigenvalue weighted by Gasteiger charge is 2.24. The van der Waals surface area contributed by atoms with Crippen LogP contribution in [0.5, 0.6) is 0 Å². The summed E-state index contributed by atoms with van der Waals surface area (Å²) in [6.07, 6.45) is -1.79. The monoisotopic (exact) mass is 233 g/mol. The van der Waals surface area contributed by atoms with Crippen LogP contribution in [-0.2, 0) is 0 Å². The summed E-state index contributed by atoms with van der Waals surface area (Å²) in [7, 11) is 1.64. The molecule has 0 bridgehead atoms. The molecule has 0 aromatic carbocycles. The molecule has 16 heavy (non-hydrogen) atoms. The minimum absolute atomic E-state index is 0.199. The second-order valence-corrected chi connectivity index (χ2v) is 4.65. The molecule has 0 radical (unpaired) electrons. The molecule has 94 valence electrons. The van der Waals surface area contributed by atoms with Gasteiger partial charge < -0.3 is 4.90 Å². The zero-order valence-electron chi connectivity index (χ0n) is 10.4. The Bertz CT molecular complexity index is 238. The summed E-state index contributed by atoms with van der Waals surface area (Å²) in [6, 6.07) is 2.39. The number of halogens is 2. The lowest BCUT2D eigenvalue weighted by Gasteiger charge is -2.28. The van der Waals surface area contributed by atoms with Gasteiger partial charge in [0.05, 0.1) is 12.6 Å². The largest absolute Gasteiger partial charge is 0.301 e. The molecule has 0 aliphatic carbocycles. The van der Waals surface area contributed by atoms with E-state index in [1.54, 1.807) is 18.9 Å². The lowest BCUT2D eigenvalue weighted by atomic mass is 9.98. The number of nitriles is 1. The molecule has 1 N–H and O–H groups in total. The molecule has 0 rings (SSSR count). The van der Waals surface area contributed by atoms with Crippen molar-refractivity contribution in [2.45, 2.75) is 45.2 Å². The highest BCUT2D eigenvalue weighted by Crippen LogP contribution is 2.10. The lowest BCUT2D eigenvalue weighted by molar-refractivity contribution is 0.0970. The van der Waals surface area contributed by atoms with E-state index in [-0.39, 0.29) is 12.6 Å². The van der Waals surface area contributed by atoms with Crippen molar-refractivity contribution in [2.75, 3.05) is 20.1 Å². The van der Waals surface area contributed by atoms with Gasteiger partial charge in [-0.05, 0) is 34.2 Å². The van der Waals surface area contributed by atoms with Crippen LogP contribution in [0.1, 0.15) is 27.2 Å². The number of hydrogen-bond acceptors (Lipinski definition) is 3. The maximum absolute atomic E-state index is 12.1. The van der Waals surface area contributed by atoms with Crippen LogP contribution in [0, 0.1) is 11.3 Å². The van der Waals surface area contributed by atoms with Gasteiger partial charge in [0.2, 0.25) is 0 Å². The average Bonchev–Trinajstić information content (AvgIpc) is 2.13. The third-order valence-electron chi connectivity index (χ3n) is 2.30. The normalized spacial score (nSPS) is 15.5. The number of nitrogens with one attached hydrogen (secondary N) is 1. The fourth-order valence-corrected chi connectivity index (χ4v) is 1.54. The second-order valence-electron chi connectivity index (χ2n) is 4.65. The lowest BCUT2D eigenvalue weighted by Crippen LogP contribution is -2.47. The van der Waals surface area contributed by atoms with Gasteiger partial charge in [-0.2, -0.15) is 5.26 Å². The molecule has 0 aromatic heterocycles. The molecular formula is C11H21F2N3. The van der Waals surface area contributed by atoms with Crippen molar-refractivity contribution in [1.82, 2.24) is 10.2 Å². The number of alkyl halides is 2. The maximum Gasteiger partial charge on any atom is 0.251 e. The first kappa shape index (κ1) is 15.3. The minimum atomic E-state index is -2.32. The predicted molar refractivity (Wildman–Crippen MR) is 60.4 cm³/mol. The molecule has 0 aromatic rings. The number of nitrogens with zero attached hydrogens (tertiary/aromatic N) is 2. The highest BCUT2D eigenvalue weighted by molar-refractivity contribution is 5.04. The van der Waals surface area contributed by atoms with Gasteiger partial charge in [0.1, 0.15) is 5.54 Å². The molecule has 1 unspecified atom stereocenters. The van der Waals surface area contributed by atoms with Crippen LogP contribution in [0.2, 0.25) is 0 Å². The van der Waals surface area contributed by atoms with E-state index < -0.39 is 12.0 Å². The molecule has 0 fully saturated rings. The summed E-state index contributed by atoms with van der Waals surface area (Å²) in [5, 5.41) is 12.2. The van der Waals surface area contributed by atoms with E-state index in [2.05, 4.69) is 11.4 Å². The molecule has 5 heteroatoms. The van der Waals surface area contributed by atoms with Crippen LogP contribution in [-0.4, -0.2) is 43.0 Å². The van der Waals surface area contributed by atoms with Gasteiger partial charge in [0.25, 0.3) is 6.43 Å². The van der Waals surface area contributed by atoms with Crippen LogP contribution < -0.4 is 5.32 Å². The summed E-state index contributed by atoms with van der Waals surface area (Å²) < 4.78 is 24.1. The Morgan fingerprint density at radius 2 is 2.00 bits per heavy atom. The Balaban J connectivity index is 4.09. The Morgan fingerprint density at radius 3 is 2.38 bits per heavy atom. The minimum Gasteiger partial charge on any atom is -0.301 e. The van der Waals surface area contributed by atoms with Gasteiger partial charge >= 0.3 is 0 Å². The Kier molecular flexibility index (Phi) is 6.46. The molecule has 0 amide bonds. The van der Waals surface area contributed by atoms with Gasteiger partial charge in [0.15, 0.2) is 0 Å². The smallest absolute Gasteiger partial charge is 0.251 e. The van der Waals surface area contributed by atoms with Crippen molar-refractivity contribution in [1.29, 1.82) is 5.26 Å². The average molecular weight is 233 g/mol. The first-order chi connectivity index (χ1) is 7.29. The van der Waals surface area contributed by atoms with Crippen molar-refractivity contribution >= 4 is 0 Å². The van der Waals surface area contributed by atoms with Gasteiger partial charge in [-0.1, -0.05) is 0 Å². The van der Waals surface area contributed by atoms with E-state index in [1.807, 2.05) is 13.8 Å². The van der Waals surface area contributed by atoms with Crippen LogP contribution in [0.3, 0.4) is 0 Å². The van der Waals surface area contributed by atoms with Crippen molar-refractivity contribution in [3.05, 3.63) is 0 Å². The molecular weight excluding hydrogens is 212 g/mol. The van der Waals surface area contributed by atoms with E-state index in [1.165, 1.54) is 0 Å². The summed E-state index contributed by atoms with van der Waals surface area (Å²) in [5.41, 5.74) is -0.648. The SMILES string of the molecule is CC(C)NC(C)(C#N)CCN(C)CC(F)F.